The van der Waals surface area contributed by atoms with Crippen molar-refractivity contribution in [1.29, 1.82) is 0 Å². The summed E-state index contributed by atoms with van der Waals surface area (Å²) in [6, 6.07) is 28.5. The number of furan rings is 1. The first kappa shape index (κ1) is 14.5. The first-order chi connectivity index (χ1) is 11.8. The van der Waals surface area contributed by atoms with Gasteiger partial charge in [0.1, 0.15) is 17.3 Å². The number of hydrogen-bond acceptors (Lipinski definition) is 1. The summed E-state index contributed by atoms with van der Waals surface area (Å²) < 4.78 is 19.3. The average molecular weight is 314 g/mol. The molecule has 2 heteroatoms. The summed E-state index contributed by atoms with van der Waals surface area (Å²) in [5.74, 6) is 1.30. The van der Waals surface area contributed by atoms with Crippen molar-refractivity contribution in [2.45, 2.75) is 0 Å². The monoisotopic (exact) mass is 314 g/mol. The van der Waals surface area contributed by atoms with Crippen LogP contribution in [0.5, 0.6) is 0 Å². The zero-order chi connectivity index (χ0) is 16.4. The van der Waals surface area contributed by atoms with Gasteiger partial charge in [0.2, 0.25) is 0 Å². The zero-order valence-electron chi connectivity index (χ0n) is 12.9. The fourth-order valence-corrected chi connectivity index (χ4v) is 2.78. The summed E-state index contributed by atoms with van der Waals surface area (Å²) in [7, 11) is 0. The van der Waals surface area contributed by atoms with E-state index in [4.69, 9.17) is 4.42 Å². The van der Waals surface area contributed by atoms with E-state index in [1.165, 1.54) is 12.1 Å². The minimum atomic E-state index is -0.253. The molecule has 4 rings (SSSR count). The van der Waals surface area contributed by atoms with Crippen molar-refractivity contribution >= 4 is 0 Å². The minimum Gasteiger partial charge on any atom is -0.455 e. The molecule has 0 unspecified atom stereocenters. The molecule has 0 aliphatic heterocycles. The van der Waals surface area contributed by atoms with Gasteiger partial charge < -0.3 is 4.42 Å². The van der Waals surface area contributed by atoms with Crippen LogP contribution in [0.4, 0.5) is 4.39 Å². The standard InChI is InChI=1S/C22H15FO/c23-19-13-11-17(12-14-19)21-15-20(16-7-3-1-4-8-16)22(24-21)18-9-5-2-6-10-18/h1-15H. The Morgan fingerprint density at radius 2 is 1.17 bits per heavy atom. The molecular formula is C22H15FO. The van der Waals surface area contributed by atoms with E-state index in [2.05, 4.69) is 12.1 Å². The Hall–Kier alpha value is -3.13. The van der Waals surface area contributed by atoms with Crippen molar-refractivity contribution < 1.29 is 8.81 Å². The van der Waals surface area contributed by atoms with Gasteiger partial charge in [0.05, 0.1) is 0 Å². The first-order valence-corrected chi connectivity index (χ1v) is 7.82. The van der Waals surface area contributed by atoms with E-state index >= 15 is 0 Å². The lowest BCUT2D eigenvalue weighted by molar-refractivity contribution is 0.597. The minimum absolute atomic E-state index is 0.253. The van der Waals surface area contributed by atoms with Crippen LogP contribution in [-0.4, -0.2) is 0 Å². The molecule has 0 N–H and O–H groups in total. The molecule has 0 saturated carbocycles. The molecule has 0 aliphatic rings. The molecule has 0 saturated heterocycles. The Labute approximate surface area is 140 Å². The highest BCUT2D eigenvalue weighted by molar-refractivity contribution is 5.83. The fraction of sp³-hybridized carbons (Fsp3) is 0. The van der Waals surface area contributed by atoms with Gasteiger partial charge in [-0.3, -0.25) is 0 Å². The maximum absolute atomic E-state index is 13.2. The lowest BCUT2D eigenvalue weighted by Crippen LogP contribution is -1.78. The highest BCUT2D eigenvalue weighted by Crippen LogP contribution is 2.38. The Kier molecular flexibility index (Phi) is 3.72. The molecule has 0 bridgehead atoms. The lowest BCUT2D eigenvalue weighted by Gasteiger charge is -2.02. The van der Waals surface area contributed by atoms with Crippen LogP contribution in [0.1, 0.15) is 0 Å². The fourth-order valence-electron chi connectivity index (χ4n) is 2.78. The average Bonchev–Trinajstić information content (AvgIpc) is 3.09. The molecule has 0 amide bonds. The number of hydrogen-bond donors (Lipinski definition) is 0. The quantitative estimate of drug-likeness (QED) is 0.425. The van der Waals surface area contributed by atoms with E-state index < -0.39 is 0 Å². The molecular weight excluding hydrogens is 299 g/mol. The van der Waals surface area contributed by atoms with Crippen molar-refractivity contribution in [3.8, 4) is 33.8 Å². The molecule has 0 fully saturated rings. The highest BCUT2D eigenvalue weighted by atomic mass is 19.1. The number of benzene rings is 3. The molecule has 116 valence electrons. The lowest BCUT2D eigenvalue weighted by atomic mass is 10.0. The van der Waals surface area contributed by atoms with Crippen molar-refractivity contribution in [2.75, 3.05) is 0 Å². The van der Waals surface area contributed by atoms with Crippen LogP contribution in [0.25, 0.3) is 33.8 Å². The van der Waals surface area contributed by atoms with E-state index in [9.17, 15) is 4.39 Å². The molecule has 4 aromatic rings. The normalized spacial score (nSPS) is 10.7. The summed E-state index contributed by atoms with van der Waals surface area (Å²) in [6.45, 7) is 0. The topological polar surface area (TPSA) is 13.1 Å². The molecule has 1 aromatic heterocycles. The first-order valence-electron chi connectivity index (χ1n) is 7.82. The third-order valence-electron chi connectivity index (χ3n) is 3.98. The predicted molar refractivity (Wildman–Crippen MR) is 95.0 cm³/mol. The van der Waals surface area contributed by atoms with E-state index in [-0.39, 0.29) is 5.82 Å². The highest BCUT2D eigenvalue weighted by Gasteiger charge is 2.15. The molecule has 0 aliphatic carbocycles. The molecule has 3 aromatic carbocycles. The van der Waals surface area contributed by atoms with Crippen molar-refractivity contribution in [3.63, 3.8) is 0 Å². The number of rotatable bonds is 3. The molecule has 0 spiro atoms. The number of halogens is 1. The molecule has 1 heterocycles. The summed E-state index contributed by atoms with van der Waals surface area (Å²) in [5.41, 5.74) is 4.00. The predicted octanol–water partition coefficient (Wildman–Crippen LogP) is 6.42. The summed E-state index contributed by atoms with van der Waals surface area (Å²) in [4.78, 5) is 0. The Morgan fingerprint density at radius 3 is 1.79 bits per heavy atom. The maximum atomic E-state index is 13.2. The van der Waals surface area contributed by atoms with E-state index in [0.29, 0.717) is 0 Å². The summed E-state index contributed by atoms with van der Waals surface area (Å²) >= 11 is 0. The van der Waals surface area contributed by atoms with Crippen LogP contribution >= 0.6 is 0 Å². The zero-order valence-corrected chi connectivity index (χ0v) is 12.9. The Morgan fingerprint density at radius 1 is 0.583 bits per heavy atom. The smallest absolute Gasteiger partial charge is 0.142 e. The van der Waals surface area contributed by atoms with Gasteiger partial charge in [0.25, 0.3) is 0 Å². The van der Waals surface area contributed by atoms with E-state index in [1.807, 2.05) is 54.6 Å². The van der Waals surface area contributed by atoms with Gasteiger partial charge >= 0.3 is 0 Å². The van der Waals surface area contributed by atoms with Gasteiger partial charge in [-0.2, -0.15) is 0 Å². The largest absolute Gasteiger partial charge is 0.455 e. The third-order valence-corrected chi connectivity index (χ3v) is 3.98. The molecule has 0 radical (unpaired) electrons. The van der Waals surface area contributed by atoms with E-state index in [0.717, 1.165) is 33.8 Å². The maximum Gasteiger partial charge on any atom is 0.142 e. The molecule has 1 nitrogen and oxygen atoms in total. The van der Waals surface area contributed by atoms with Gasteiger partial charge in [-0.25, -0.2) is 4.39 Å². The van der Waals surface area contributed by atoms with E-state index in [1.54, 1.807) is 12.1 Å². The second-order valence-corrected chi connectivity index (χ2v) is 5.59. The van der Waals surface area contributed by atoms with Gasteiger partial charge in [-0.05, 0) is 35.9 Å². The summed E-state index contributed by atoms with van der Waals surface area (Å²) in [6.07, 6.45) is 0. The van der Waals surface area contributed by atoms with Crippen molar-refractivity contribution in [2.24, 2.45) is 0 Å². The Balaban J connectivity index is 1.89. The van der Waals surface area contributed by atoms with Crippen molar-refractivity contribution in [1.82, 2.24) is 0 Å². The second-order valence-electron chi connectivity index (χ2n) is 5.59. The van der Waals surface area contributed by atoms with Crippen LogP contribution in [0.15, 0.2) is 95.4 Å². The van der Waals surface area contributed by atoms with Gasteiger partial charge in [0.15, 0.2) is 0 Å². The van der Waals surface area contributed by atoms with Crippen molar-refractivity contribution in [3.05, 3.63) is 96.8 Å². The van der Waals surface area contributed by atoms with Gasteiger partial charge in [-0.1, -0.05) is 60.7 Å². The summed E-state index contributed by atoms with van der Waals surface area (Å²) in [5, 5.41) is 0. The molecule has 24 heavy (non-hydrogen) atoms. The Bertz CT molecular complexity index is 881. The SMILES string of the molecule is Fc1ccc(-c2cc(-c3ccccc3)c(-c3ccccc3)o2)cc1. The van der Waals surface area contributed by atoms with Crippen LogP contribution in [0, 0.1) is 5.82 Å². The van der Waals surface area contributed by atoms with Crippen LogP contribution < -0.4 is 0 Å². The van der Waals surface area contributed by atoms with Crippen LogP contribution in [0.2, 0.25) is 0 Å². The van der Waals surface area contributed by atoms with Crippen LogP contribution in [0.3, 0.4) is 0 Å². The van der Waals surface area contributed by atoms with Gasteiger partial charge in [-0.15, -0.1) is 0 Å². The van der Waals surface area contributed by atoms with Gasteiger partial charge in [0, 0.05) is 16.7 Å². The van der Waals surface area contributed by atoms with Crippen LogP contribution in [-0.2, 0) is 0 Å². The second kappa shape index (κ2) is 6.17. The third kappa shape index (κ3) is 2.74. The molecule has 0 atom stereocenters.